The van der Waals surface area contributed by atoms with E-state index in [1.807, 2.05) is 50.4 Å². The normalized spacial score (nSPS) is 11.4. The smallest absolute Gasteiger partial charge is 0.249 e. The van der Waals surface area contributed by atoms with Crippen molar-refractivity contribution in [1.82, 2.24) is 19.5 Å². The third-order valence-electron chi connectivity index (χ3n) is 3.62. The number of aromatic nitrogens is 4. The summed E-state index contributed by atoms with van der Waals surface area (Å²) in [6, 6.07) is 9.39. The quantitative estimate of drug-likeness (QED) is 0.525. The zero-order valence-electron chi connectivity index (χ0n) is 14.6. The lowest BCUT2D eigenvalue weighted by molar-refractivity contribution is 0.415. The lowest BCUT2D eigenvalue weighted by atomic mass is 10.2. The highest BCUT2D eigenvalue weighted by atomic mass is 35.5. The van der Waals surface area contributed by atoms with Gasteiger partial charge in [0.15, 0.2) is 5.16 Å². The van der Waals surface area contributed by atoms with Crippen LogP contribution in [0.25, 0.3) is 0 Å². The van der Waals surface area contributed by atoms with Crippen LogP contribution in [-0.4, -0.2) is 37.1 Å². The Morgan fingerprint density at radius 1 is 1.19 bits per heavy atom. The predicted molar refractivity (Wildman–Crippen MR) is 105 cm³/mol. The summed E-state index contributed by atoms with van der Waals surface area (Å²) in [6.45, 7) is 4.23. The Kier molecular flexibility index (Phi) is 5.58. The van der Waals surface area contributed by atoms with Gasteiger partial charge in [-0.05, 0) is 43.9 Å². The topological polar surface area (TPSA) is 76.2 Å². The fraction of sp³-hybridized carbons (Fsp3) is 0.222. The lowest BCUT2D eigenvalue weighted by Gasteiger charge is -2.07. The second-order valence-corrected chi connectivity index (χ2v) is 6.94. The first-order valence-corrected chi connectivity index (χ1v) is 9.51. The minimum Gasteiger partial charge on any atom is -0.493 e. The van der Waals surface area contributed by atoms with Gasteiger partial charge in [-0.1, -0.05) is 35.5 Å². The van der Waals surface area contributed by atoms with Gasteiger partial charge in [0.25, 0.3) is 0 Å². The van der Waals surface area contributed by atoms with Crippen LogP contribution in [0.3, 0.4) is 0 Å². The molecule has 134 valence electrons. The summed E-state index contributed by atoms with van der Waals surface area (Å²) >= 11 is 7.49. The van der Waals surface area contributed by atoms with Gasteiger partial charge < -0.3 is 5.11 Å². The zero-order valence-corrected chi connectivity index (χ0v) is 16.2. The van der Waals surface area contributed by atoms with E-state index in [1.54, 1.807) is 4.57 Å². The Morgan fingerprint density at radius 2 is 1.92 bits per heavy atom. The fourth-order valence-corrected chi connectivity index (χ4v) is 3.30. The van der Waals surface area contributed by atoms with Crippen LogP contribution in [0.5, 0.6) is 5.88 Å². The molecule has 1 aromatic carbocycles. The fourth-order valence-electron chi connectivity index (χ4n) is 2.53. The maximum atomic E-state index is 10.6. The van der Waals surface area contributed by atoms with Crippen LogP contribution in [0.15, 0.2) is 40.5 Å². The van der Waals surface area contributed by atoms with E-state index in [0.29, 0.717) is 28.4 Å². The van der Waals surface area contributed by atoms with E-state index in [1.165, 1.54) is 18.0 Å². The number of hydrogen-bond donors (Lipinski definition) is 1. The van der Waals surface area contributed by atoms with E-state index >= 15 is 0 Å². The lowest BCUT2D eigenvalue weighted by Crippen LogP contribution is -2.00. The number of thioether (sulfide) groups is 1. The molecule has 0 saturated carbocycles. The molecule has 8 heteroatoms. The molecule has 3 aromatic rings. The van der Waals surface area contributed by atoms with Crippen molar-refractivity contribution in [2.45, 2.75) is 25.5 Å². The number of nitrogens with zero attached hydrogens (tertiary/aromatic N) is 5. The molecule has 2 heterocycles. The standard InChI is InChI=1S/C18H18ClN5OS/c1-11-7-12(2)22-17(21-11)20-9-15-16(25)24(18(23-15)26-3)10-13-5-4-6-14(19)8-13/h4-9,25H,10H2,1-3H3/b20-9-. The van der Waals surface area contributed by atoms with E-state index in [0.717, 1.165) is 17.0 Å². The molecule has 0 radical (unpaired) electrons. The van der Waals surface area contributed by atoms with Gasteiger partial charge in [-0.25, -0.2) is 19.9 Å². The van der Waals surface area contributed by atoms with Gasteiger partial charge in [0.05, 0.1) is 12.8 Å². The summed E-state index contributed by atoms with van der Waals surface area (Å²) in [5, 5.41) is 11.9. The minimum atomic E-state index is 0.0439. The first-order valence-electron chi connectivity index (χ1n) is 7.90. The summed E-state index contributed by atoms with van der Waals surface area (Å²) in [7, 11) is 0. The molecule has 3 rings (SSSR count). The molecule has 0 bridgehead atoms. The van der Waals surface area contributed by atoms with E-state index in [-0.39, 0.29) is 5.88 Å². The van der Waals surface area contributed by atoms with E-state index in [4.69, 9.17) is 11.6 Å². The van der Waals surface area contributed by atoms with E-state index < -0.39 is 0 Å². The Labute approximate surface area is 161 Å². The maximum Gasteiger partial charge on any atom is 0.249 e. The highest BCUT2D eigenvalue weighted by Gasteiger charge is 2.15. The van der Waals surface area contributed by atoms with Crippen LogP contribution < -0.4 is 0 Å². The van der Waals surface area contributed by atoms with Gasteiger partial charge in [-0.15, -0.1) is 0 Å². The van der Waals surface area contributed by atoms with E-state index in [2.05, 4.69) is 19.9 Å². The molecule has 6 nitrogen and oxygen atoms in total. The first kappa shape index (κ1) is 18.4. The Morgan fingerprint density at radius 3 is 2.58 bits per heavy atom. The van der Waals surface area contributed by atoms with Crippen LogP contribution in [0, 0.1) is 13.8 Å². The van der Waals surface area contributed by atoms with Crippen molar-refractivity contribution in [3.63, 3.8) is 0 Å². The second-order valence-electron chi connectivity index (χ2n) is 5.73. The van der Waals surface area contributed by atoms with Crippen molar-refractivity contribution >= 4 is 35.5 Å². The Hall–Kier alpha value is -2.38. The summed E-state index contributed by atoms with van der Waals surface area (Å²) in [4.78, 5) is 17.2. The molecule has 1 N–H and O–H groups in total. The summed E-state index contributed by atoms with van der Waals surface area (Å²) < 4.78 is 1.72. The molecule has 0 aliphatic carbocycles. The second kappa shape index (κ2) is 7.88. The molecule has 0 aliphatic heterocycles. The van der Waals surface area contributed by atoms with Gasteiger partial charge in [-0.3, -0.25) is 4.57 Å². The predicted octanol–water partition coefficient (Wildman–Crippen LogP) is 4.17. The number of aromatic hydroxyl groups is 1. The average Bonchev–Trinajstić information content (AvgIpc) is 2.88. The number of benzene rings is 1. The highest BCUT2D eigenvalue weighted by Crippen LogP contribution is 2.26. The summed E-state index contributed by atoms with van der Waals surface area (Å²) in [6.07, 6.45) is 3.39. The molecular formula is C18H18ClN5OS. The molecule has 0 amide bonds. The number of rotatable bonds is 5. The number of hydrogen-bond acceptors (Lipinski definition) is 6. The van der Waals surface area contributed by atoms with Crippen LogP contribution in [0.2, 0.25) is 5.02 Å². The van der Waals surface area contributed by atoms with Gasteiger partial charge in [0.1, 0.15) is 5.69 Å². The van der Waals surface area contributed by atoms with Crippen LogP contribution in [0.1, 0.15) is 22.6 Å². The van der Waals surface area contributed by atoms with Crippen molar-refractivity contribution in [3.05, 3.63) is 58.0 Å². The molecule has 0 saturated heterocycles. The molecule has 0 aliphatic rings. The highest BCUT2D eigenvalue weighted by molar-refractivity contribution is 7.98. The molecule has 0 atom stereocenters. The average molecular weight is 388 g/mol. The minimum absolute atomic E-state index is 0.0439. The maximum absolute atomic E-state index is 10.6. The van der Waals surface area contributed by atoms with Crippen LogP contribution in [-0.2, 0) is 6.54 Å². The molecular weight excluding hydrogens is 370 g/mol. The van der Waals surface area contributed by atoms with Crippen molar-refractivity contribution in [2.75, 3.05) is 6.26 Å². The number of aliphatic imine (C=N–C) groups is 1. The van der Waals surface area contributed by atoms with Gasteiger partial charge in [-0.2, -0.15) is 0 Å². The van der Waals surface area contributed by atoms with Gasteiger partial charge in [0.2, 0.25) is 11.8 Å². The van der Waals surface area contributed by atoms with Crippen LogP contribution >= 0.6 is 23.4 Å². The molecule has 0 spiro atoms. The number of imidazole rings is 1. The van der Waals surface area contributed by atoms with E-state index in [9.17, 15) is 5.11 Å². The first-order chi connectivity index (χ1) is 12.5. The molecule has 2 aromatic heterocycles. The largest absolute Gasteiger partial charge is 0.493 e. The van der Waals surface area contributed by atoms with Crippen LogP contribution in [0.4, 0.5) is 5.95 Å². The Bertz CT molecular complexity index is 950. The number of aryl methyl sites for hydroxylation is 2. The van der Waals surface area contributed by atoms with Gasteiger partial charge in [0, 0.05) is 16.4 Å². The van der Waals surface area contributed by atoms with Crippen molar-refractivity contribution in [2.24, 2.45) is 4.99 Å². The third kappa shape index (κ3) is 4.23. The summed E-state index contributed by atoms with van der Waals surface area (Å²) in [5.74, 6) is 0.388. The zero-order chi connectivity index (χ0) is 18.7. The summed E-state index contributed by atoms with van der Waals surface area (Å²) in [5.41, 5.74) is 3.02. The third-order valence-corrected chi connectivity index (χ3v) is 4.53. The monoisotopic (exact) mass is 387 g/mol. The molecule has 26 heavy (non-hydrogen) atoms. The van der Waals surface area contributed by atoms with Crippen molar-refractivity contribution in [3.8, 4) is 5.88 Å². The van der Waals surface area contributed by atoms with Crippen molar-refractivity contribution < 1.29 is 5.11 Å². The SMILES string of the molecule is CSc1nc(/C=N\c2nc(C)cc(C)n2)c(O)n1Cc1cccc(Cl)c1. The number of halogens is 1. The van der Waals surface area contributed by atoms with Crippen molar-refractivity contribution in [1.29, 1.82) is 0 Å². The Balaban J connectivity index is 1.91. The molecule has 0 fully saturated rings. The molecule has 0 unspecified atom stereocenters. The van der Waals surface area contributed by atoms with Gasteiger partial charge >= 0.3 is 0 Å².